The van der Waals surface area contributed by atoms with Gasteiger partial charge in [-0.3, -0.25) is 4.68 Å². The molecule has 1 N–H and O–H groups in total. The molecule has 1 aliphatic heterocycles. The molecule has 0 fully saturated rings. The largest absolute Gasteiger partial charge is 0.493 e. The molecular weight excluding hydrogens is 262 g/mol. The second-order valence-electron chi connectivity index (χ2n) is 5.33. The minimum Gasteiger partial charge on any atom is -0.493 e. The van der Waals surface area contributed by atoms with E-state index in [1.807, 2.05) is 24.1 Å². The number of benzene rings is 1. The molecular formula is C17H21N3O. The van der Waals surface area contributed by atoms with Gasteiger partial charge in [0.2, 0.25) is 0 Å². The Hall–Kier alpha value is -2.07. The molecule has 0 amide bonds. The molecule has 3 rings (SSSR count). The Morgan fingerprint density at radius 1 is 1.29 bits per heavy atom. The normalized spacial score (nSPS) is 14.8. The summed E-state index contributed by atoms with van der Waals surface area (Å²) in [6, 6.07) is 8.41. The van der Waals surface area contributed by atoms with Crippen LogP contribution in [-0.2, 0) is 13.5 Å². The molecule has 0 saturated heterocycles. The Bertz CT molecular complexity index is 613. The maximum Gasteiger partial charge on any atom is 0.119 e. The second kappa shape index (κ2) is 6.59. The van der Waals surface area contributed by atoms with Crippen molar-refractivity contribution in [1.29, 1.82) is 0 Å². The van der Waals surface area contributed by atoms with Crippen LogP contribution in [0.3, 0.4) is 0 Å². The summed E-state index contributed by atoms with van der Waals surface area (Å²) < 4.78 is 7.61. The average Bonchev–Trinajstić information content (AvgIpc) is 2.94. The molecule has 0 radical (unpaired) electrons. The minimum atomic E-state index is 0.678. The van der Waals surface area contributed by atoms with Crippen molar-refractivity contribution >= 4 is 5.57 Å². The fourth-order valence-electron chi connectivity index (χ4n) is 2.54. The third kappa shape index (κ3) is 3.73. The Morgan fingerprint density at radius 3 is 2.81 bits per heavy atom. The maximum atomic E-state index is 5.79. The van der Waals surface area contributed by atoms with Crippen molar-refractivity contribution in [2.45, 2.75) is 12.8 Å². The van der Waals surface area contributed by atoms with Crippen molar-refractivity contribution in [2.24, 2.45) is 7.05 Å². The van der Waals surface area contributed by atoms with Gasteiger partial charge in [-0.05, 0) is 41.8 Å². The number of hydrogen-bond acceptors (Lipinski definition) is 3. The van der Waals surface area contributed by atoms with E-state index in [0.717, 1.165) is 31.7 Å². The van der Waals surface area contributed by atoms with Gasteiger partial charge in [0, 0.05) is 26.2 Å². The molecule has 0 spiro atoms. The summed E-state index contributed by atoms with van der Waals surface area (Å²) in [5.74, 6) is 0.928. The maximum absolute atomic E-state index is 5.79. The lowest BCUT2D eigenvalue weighted by Gasteiger charge is -2.14. The molecule has 110 valence electrons. The van der Waals surface area contributed by atoms with Crippen LogP contribution in [0.4, 0.5) is 0 Å². The zero-order valence-corrected chi connectivity index (χ0v) is 12.4. The van der Waals surface area contributed by atoms with Gasteiger partial charge in [-0.25, -0.2) is 0 Å². The van der Waals surface area contributed by atoms with Gasteiger partial charge >= 0.3 is 0 Å². The van der Waals surface area contributed by atoms with Crippen LogP contribution in [0.1, 0.15) is 17.5 Å². The van der Waals surface area contributed by atoms with Gasteiger partial charge in [0.25, 0.3) is 0 Å². The molecule has 0 saturated carbocycles. The summed E-state index contributed by atoms with van der Waals surface area (Å²) in [7, 11) is 1.93. The predicted molar refractivity (Wildman–Crippen MR) is 84.3 cm³/mol. The van der Waals surface area contributed by atoms with Crippen LogP contribution >= 0.6 is 0 Å². The predicted octanol–water partition coefficient (Wildman–Crippen LogP) is 2.42. The van der Waals surface area contributed by atoms with Gasteiger partial charge in [0.15, 0.2) is 0 Å². The zero-order valence-electron chi connectivity index (χ0n) is 12.4. The van der Waals surface area contributed by atoms with Crippen molar-refractivity contribution in [3.8, 4) is 5.75 Å². The summed E-state index contributed by atoms with van der Waals surface area (Å²) in [5, 5.41) is 7.49. The van der Waals surface area contributed by atoms with Crippen LogP contribution in [0.2, 0.25) is 0 Å². The summed E-state index contributed by atoms with van der Waals surface area (Å²) in [5.41, 5.74) is 3.93. The third-order valence-corrected chi connectivity index (χ3v) is 3.71. The molecule has 1 aromatic heterocycles. The smallest absolute Gasteiger partial charge is 0.119 e. The number of aromatic nitrogens is 2. The Morgan fingerprint density at radius 2 is 2.14 bits per heavy atom. The Balaban J connectivity index is 1.53. The highest BCUT2D eigenvalue weighted by molar-refractivity contribution is 5.67. The highest BCUT2D eigenvalue weighted by Crippen LogP contribution is 2.22. The van der Waals surface area contributed by atoms with Crippen molar-refractivity contribution in [3.63, 3.8) is 0 Å². The fourth-order valence-corrected chi connectivity index (χ4v) is 2.54. The minimum absolute atomic E-state index is 0.678. The molecule has 4 heteroatoms. The first-order valence-corrected chi connectivity index (χ1v) is 7.42. The number of rotatable bonds is 5. The molecule has 4 nitrogen and oxygen atoms in total. The molecule has 0 bridgehead atoms. The molecule has 2 heterocycles. The molecule has 1 aliphatic rings. The lowest BCUT2D eigenvalue weighted by molar-refractivity contribution is 0.322. The van der Waals surface area contributed by atoms with Gasteiger partial charge in [0.05, 0.1) is 12.8 Å². The van der Waals surface area contributed by atoms with Crippen molar-refractivity contribution in [3.05, 3.63) is 53.9 Å². The quantitative estimate of drug-likeness (QED) is 0.916. The summed E-state index contributed by atoms with van der Waals surface area (Å²) in [4.78, 5) is 0. The van der Waals surface area contributed by atoms with Crippen LogP contribution in [0, 0.1) is 0 Å². The van der Waals surface area contributed by atoms with Gasteiger partial charge in [-0.15, -0.1) is 0 Å². The standard InChI is InChI=1S/C17H21N3O/c1-20-13-14(12-19-20)8-11-21-17-4-2-15(3-5-17)16-6-9-18-10-7-16/h2-6,12-13,18H,7-11H2,1H3. The van der Waals surface area contributed by atoms with Crippen molar-refractivity contribution in [2.75, 3.05) is 19.7 Å². The summed E-state index contributed by atoms with van der Waals surface area (Å²) in [6.45, 7) is 2.71. The monoisotopic (exact) mass is 283 g/mol. The van der Waals surface area contributed by atoms with E-state index in [9.17, 15) is 0 Å². The molecule has 2 aromatic rings. The summed E-state index contributed by atoms with van der Waals surface area (Å²) >= 11 is 0. The van der Waals surface area contributed by atoms with E-state index >= 15 is 0 Å². The van der Waals surface area contributed by atoms with Crippen LogP contribution in [0.5, 0.6) is 5.75 Å². The average molecular weight is 283 g/mol. The molecule has 0 unspecified atom stereocenters. The van der Waals surface area contributed by atoms with E-state index in [2.05, 4.69) is 40.8 Å². The fraction of sp³-hybridized carbons (Fsp3) is 0.353. The van der Waals surface area contributed by atoms with Crippen molar-refractivity contribution in [1.82, 2.24) is 15.1 Å². The van der Waals surface area contributed by atoms with Crippen LogP contribution in [0.25, 0.3) is 5.57 Å². The van der Waals surface area contributed by atoms with Crippen LogP contribution in [0.15, 0.2) is 42.7 Å². The van der Waals surface area contributed by atoms with Gasteiger partial charge < -0.3 is 10.1 Å². The van der Waals surface area contributed by atoms with E-state index in [1.54, 1.807) is 0 Å². The SMILES string of the molecule is Cn1cc(CCOc2ccc(C3=CCNCC3)cc2)cn1. The van der Waals surface area contributed by atoms with E-state index in [-0.39, 0.29) is 0 Å². The third-order valence-electron chi connectivity index (χ3n) is 3.71. The first-order valence-electron chi connectivity index (χ1n) is 7.42. The van der Waals surface area contributed by atoms with Crippen LogP contribution in [-0.4, -0.2) is 29.5 Å². The lowest BCUT2D eigenvalue weighted by atomic mass is 10.0. The highest BCUT2D eigenvalue weighted by Gasteiger charge is 2.05. The molecule has 0 atom stereocenters. The van der Waals surface area contributed by atoms with Gasteiger partial charge in [0.1, 0.15) is 5.75 Å². The molecule has 21 heavy (non-hydrogen) atoms. The number of hydrogen-bond donors (Lipinski definition) is 1. The van der Waals surface area contributed by atoms with E-state index in [1.165, 1.54) is 16.7 Å². The number of nitrogens with one attached hydrogen (secondary N) is 1. The van der Waals surface area contributed by atoms with Gasteiger partial charge in [-0.2, -0.15) is 5.10 Å². The highest BCUT2D eigenvalue weighted by atomic mass is 16.5. The van der Waals surface area contributed by atoms with E-state index in [4.69, 9.17) is 4.74 Å². The van der Waals surface area contributed by atoms with E-state index in [0.29, 0.717) is 6.61 Å². The second-order valence-corrected chi connectivity index (χ2v) is 5.33. The molecule has 1 aromatic carbocycles. The number of aryl methyl sites for hydroxylation is 1. The number of ether oxygens (including phenoxy) is 1. The number of nitrogens with zero attached hydrogens (tertiary/aromatic N) is 2. The Kier molecular flexibility index (Phi) is 4.36. The molecule has 0 aliphatic carbocycles. The van der Waals surface area contributed by atoms with Crippen molar-refractivity contribution < 1.29 is 4.74 Å². The van der Waals surface area contributed by atoms with E-state index < -0.39 is 0 Å². The summed E-state index contributed by atoms with van der Waals surface area (Å²) in [6.07, 6.45) is 8.15. The van der Waals surface area contributed by atoms with Crippen LogP contribution < -0.4 is 10.1 Å². The first kappa shape index (κ1) is 13.9. The lowest BCUT2D eigenvalue weighted by Crippen LogP contribution is -2.19. The Labute approximate surface area is 125 Å². The first-order chi connectivity index (χ1) is 10.3. The topological polar surface area (TPSA) is 39.1 Å². The van der Waals surface area contributed by atoms with Gasteiger partial charge in [-0.1, -0.05) is 18.2 Å². The zero-order chi connectivity index (χ0) is 14.5.